The zero-order chi connectivity index (χ0) is 8.48. The minimum Gasteiger partial charge on any atom is -0.282 e. The monoisotopic (exact) mass is 177 g/mol. The van der Waals surface area contributed by atoms with Gasteiger partial charge in [0.15, 0.2) is 0 Å². The van der Waals surface area contributed by atoms with Gasteiger partial charge in [0.05, 0.1) is 4.90 Å². The number of nitrogens with two attached hydrogens (primary N) is 1. The van der Waals surface area contributed by atoms with Crippen molar-refractivity contribution < 1.29 is 13.5 Å². The summed E-state index contributed by atoms with van der Waals surface area (Å²) in [5.74, 6) is -0.433. The maximum atomic E-state index is 12.3. The fourth-order valence-electron chi connectivity index (χ4n) is 0.635. The van der Waals surface area contributed by atoms with Crippen LogP contribution >= 0.6 is 10.8 Å². The SMILES string of the molecule is NS(O)(O)c1ccc(F)cc1. The van der Waals surface area contributed by atoms with Crippen molar-refractivity contribution in [1.29, 1.82) is 0 Å². The van der Waals surface area contributed by atoms with E-state index < -0.39 is 16.6 Å². The van der Waals surface area contributed by atoms with Gasteiger partial charge in [0.2, 0.25) is 0 Å². The number of benzene rings is 1. The van der Waals surface area contributed by atoms with E-state index in [-0.39, 0.29) is 4.90 Å². The molecule has 1 aromatic carbocycles. The molecule has 0 bridgehead atoms. The first kappa shape index (κ1) is 8.48. The topological polar surface area (TPSA) is 66.5 Å². The predicted octanol–water partition coefficient (Wildman–Crippen LogP) is 1.81. The number of rotatable bonds is 1. The Morgan fingerprint density at radius 1 is 1.18 bits per heavy atom. The quantitative estimate of drug-likeness (QED) is 0.612. The molecule has 0 aliphatic rings. The Morgan fingerprint density at radius 2 is 1.64 bits per heavy atom. The van der Waals surface area contributed by atoms with Crippen LogP contribution in [0.4, 0.5) is 4.39 Å². The van der Waals surface area contributed by atoms with E-state index >= 15 is 0 Å². The molecule has 1 aromatic rings. The lowest BCUT2D eigenvalue weighted by Gasteiger charge is -2.25. The first-order valence-electron chi connectivity index (χ1n) is 2.82. The van der Waals surface area contributed by atoms with E-state index in [0.717, 1.165) is 12.1 Å². The lowest BCUT2D eigenvalue weighted by molar-refractivity contribution is 0.488. The lowest BCUT2D eigenvalue weighted by Crippen LogP contribution is -2.08. The van der Waals surface area contributed by atoms with E-state index in [1.807, 2.05) is 0 Å². The second-order valence-corrected chi connectivity index (χ2v) is 3.70. The van der Waals surface area contributed by atoms with Crippen molar-refractivity contribution in [2.24, 2.45) is 5.14 Å². The molecule has 0 fully saturated rings. The first-order valence-corrected chi connectivity index (χ1v) is 4.43. The Labute approximate surface area is 65.1 Å². The molecule has 0 saturated heterocycles. The summed E-state index contributed by atoms with van der Waals surface area (Å²) in [7, 11) is -3.19. The van der Waals surface area contributed by atoms with Gasteiger partial charge in [-0.3, -0.25) is 9.11 Å². The van der Waals surface area contributed by atoms with Gasteiger partial charge in [-0.15, -0.1) is 10.8 Å². The van der Waals surface area contributed by atoms with Crippen LogP contribution in [0.3, 0.4) is 0 Å². The molecule has 0 aromatic heterocycles. The second-order valence-electron chi connectivity index (χ2n) is 2.05. The van der Waals surface area contributed by atoms with Gasteiger partial charge in [0.1, 0.15) is 5.82 Å². The molecule has 0 saturated carbocycles. The van der Waals surface area contributed by atoms with Gasteiger partial charge in [-0.25, -0.2) is 9.53 Å². The second kappa shape index (κ2) is 2.78. The molecule has 0 atom stereocenters. The van der Waals surface area contributed by atoms with Crippen molar-refractivity contribution in [2.75, 3.05) is 0 Å². The zero-order valence-corrected chi connectivity index (χ0v) is 6.38. The van der Waals surface area contributed by atoms with Crippen molar-refractivity contribution in [1.82, 2.24) is 0 Å². The molecule has 0 aliphatic carbocycles. The third kappa shape index (κ3) is 2.16. The van der Waals surface area contributed by atoms with Crippen molar-refractivity contribution in [2.45, 2.75) is 4.90 Å². The summed E-state index contributed by atoms with van der Waals surface area (Å²) in [6.45, 7) is 0. The number of hydrogen-bond acceptors (Lipinski definition) is 3. The zero-order valence-electron chi connectivity index (χ0n) is 5.57. The van der Waals surface area contributed by atoms with Gasteiger partial charge in [-0.05, 0) is 24.3 Å². The molecule has 62 valence electrons. The lowest BCUT2D eigenvalue weighted by atomic mass is 10.4. The molecule has 0 radical (unpaired) electrons. The van der Waals surface area contributed by atoms with E-state index in [1.54, 1.807) is 0 Å². The van der Waals surface area contributed by atoms with E-state index in [2.05, 4.69) is 0 Å². The van der Waals surface area contributed by atoms with Gasteiger partial charge in [-0.1, -0.05) is 0 Å². The molecule has 0 aliphatic heterocycles. The Kier molecular flexibility index (Phi) is 2.15. The maximum absolute atomic E-state index is 12.3. The van der Waals surface area contributed by atoms with Crippen molar-refractivity contribution >= 4 is 10.8 Å². The van der Waals surface area contributed by atoms with E-state index in [0.29, 0.717) is 0 Å². The van der Waals surface area contributed by atoms with E-state index in [9.17, 15) is 4.39 Å². The molecule has 3 nitrogen and oxygen atoms in total. The summed E-state index contributed by atoms with van der Waals surface area (Å²) in [6, 6.07) is 4.72. The average molecular weight is 177 g/mol. The molecule has 5 heteroatoms. The normalized spacial score (nSPS) is 13.1. The third-order valence-corrected chi connectivity index (χ3v) is 2.13. The number of halogens is 1. The molecule has 0 heterocycles. The van der Waals surface area contributed by atoms with Crippen LogP contribution in [0.1, 0.15) is 0 Å². The van der Waals surface area contributed by atoms with Crippen LogP contribution in [0.2, 0.25) is 0 Å². The van der Waals surface area contributed by atoms with Crippen LogP contribution in [0.5, 0.6) is 0 Å². The summed E-state index contributed by atoms with van der Waals surface area (Å²) >= 11 is 0. The van der Waals surface area contributed by atoms with Crippen molar-refractivity contribution in [3.8, 4) is 0 Å². The molecular weight excluding hydrogens is 169 g/mol. The van der Waals surface area contributed by atoms with Crippen LogP contribution < -0.4 is 5.14 Å². The molecule has 11 heavy (non-hydrogen) atoms. The molecule has 4 N–H and O–H groups in total. The van der Waals surface area contributed by atoms with Crippen LogP contribution in [0, 0.1) is 5.82 Å². The summed E-state index contributed by atoms with van der Waals surface area (Å²) in [5, 5.41) is 4.98. The fourth-order valence-corrected chi connectivity index (χ4v) is 1.17. The summed E-state index contributed by atoms with van der Waals surface area (Å²) in [4.78, 5) is 0.138. The predicted molar refractivity (Wildman–Crippen MR) is 41.7 cm³/mol. The van der Waals surface area contributed by atoms with Gasteiger partial charge in [-0.2, -0.15) is 0 Å². The van der Waals surface area contributed by atoms with E-state index in [1.165, 1.54) is 12.1 Å². The molecule has 1 rings (SSSR count). The Morgan fingerprint density at radius 3 is 2.00 bits per heavy atom. The Bertz CT molecular complexity index is 244. The van der Waals surface area contributed by atoms with Gasteiger partial charge in [0.25, 0.3) is 0 Å². The van der Waals surface area contributed by atoms with Crippen molar-refractivity contribution in [3.05, 3.63) is 30.1 Å². The molecular formula is C6H8FNO2S. The highest BCUT2D eigenvalue weighted by Gasteiger charge is 2.07. The molecule has 0 amide bonds. The van der Waals surface area contributed by atoms with Crippen LogP contribution in [-0.2, 0) is 0 Å². The smallest absolute Gasteiger partial charge is 0.123 e. The Balaban J connectivity index is 2.99. The average Bonchev–Trinajstić information content (AvgIpc) is 1.86. The van der Waals surface area contributed by atoms with Gasteiger partial charge < -0.3 is 0 Å². The van der Waals surface area contributed by atoms with Crippen molar-refractivity contribution in [3.63, 3.8) is 0 Å². The third-order valence-electron chi connectivity index (χ3n) is 1.16. The highest BCUT2D eigenvalue weighted by Crippen LogP contribution is 2.39. The minimum absolute atomic E-state index is 0.138. The maximum Gasteiger partial charge on any atom is 0.123 e. The van der Waals surface area contributed by atoms with Crippen LogP contribution in [-0.4, -0.2) is 9.11 Å². The summed E-state index contributed by atoms with van der Waals surface area (Å²) < 4.78 is 30.0. The van der Waals surface area contributed by atoms with Crippen LogP contribution in [0.25, 0.3) is 0 Å². The molecule has 0 unspecified atom stereocenters. The highest BCUT2D eigenvalue weighted by molar-refractivity contribution is 8.22. The first-order chi connectivity index (χ1) is 5.00. The largest absolute Gasteiger partial charge is 0.282 e. The van der Waals surface area contributed by atoms with Gasteiger partial charge >= 0.3 is 0 Å². The Hall–Kier alpha value is -0.620. The molecule has 0 spiro atoms. The fraction of sp³-hybridized carbons (Fsp3) is 0. The van der Waals surface area contributed by atoms with Gasteiger partial charge in [0, 0.05) is 0 Å². The highest BCUT2D eigenvalue weighted by atomic mass is 32.3. The summed E-state index contributed by atoms with van der Waals surface area (Å²) in [5.41, 5.74) is 0. The summed E-state index contributed by atoms with van der Waals surface area (Å²) in [6.07, 6.45) is 0. The van der Waals surface area contributed by atoms with E-state index in [4.69, 9.17) is 14.2 Å². The standard InChI is InChI=1S/C6H8FNO2S/c7-5-1-3-6(4-2-5)11(8,9)10/h1-4,9-10H,8H2. The van der Waals surface area contributed by atoms with Crippen LogP contribution in [0.15, 0.2) is 29.2 Å². The number of hydrogen-bond donors (Lipinski definition) is 3. The minimum atomic E-state index is -3.19.